The Kier molecular flexibility index (Phi) is 4.72. The topological polar surface area (TPSA) is 30.3 Å². The largest absolute Gasteiger partial charge is 0.368 e. The predicted molar refractivity (Wildman–Crippen MR) is 86.8 cm³/mol. The summed E-state index contributed by atoms with van der Waals surface area (Å²) in [5.41, 5.74) is 1.42. The van der Waals surface area contributed by atoms with Crippen molar-refractivity contribution >= 4 is 21.6 Å². The average molecular weight is 336 g/mol. The molecule has 1 aliphatic heterocycles. The van der Waals surface area contributed by atoms with Gasteiger partial charge in [-0.15, -0.1) is 0 Å². The Labute approximate surface area is 130 Å². The van der Waals surface area contributed by atoms with E-state index in [4.69, 9.17) is 5.26 Å². The van der Waals surface area contributed by atoms with Gasteiger partial charge in [-0.25, -0.2) is 0 Å². The molecule has 0 N–H and O–H groups in total. The summed E-state index contributed by atoms with van der Waals surface area (Å²) in [5.74, 6) is 0. The van der Waals surface area contributed by atoms with Crippen LogP contribution >= 0.6 is 15.9 Å². The summed E-state index contributed by atoms with van der Waals surface area (Å²) in [4.78, 5) is 4.75. The molecule has 3 nitrogen and oxygen atoms in total. The van der Waals surface area contributed by atoms with Gasteiger partial charge in [-0.2, -0.15) is 5.26 Å². The molecule has 20 heavy (non-hydrogen) atoms. The molecule has 1 aromatic carbocycles. The Bertz CT molecular complexity index is 507. The van der Waals surface area contributed by atoms with E-state index in [2.05, 4.69) is 70.9 Å². The average Bonchev–Trinajstić information content (AvgIpc) is 2.47. The van der Waals surface area contributed by atoms with Gasteiger partial charge < -0.3 is 9.80 Å². The predicted octanol–water partition coefficient (Wildman–Crippen LogP) is 3.51. The molecule has 4 heteroatoms. The van der Waals surface area contributed by atoms with Gasteiger partial charge >= 0.3 is 0 Å². The molecule has 0 spiro atoms. The highest BCUT2D eigenvalue weighted by Gasteiger charge is 2.32. The molecule has 0 aliphatic carbocycles. The molecule has 1 aromatic rings. The molecule has 0 bridgehead atoms. The molecule has 2 rings (SSSR count). The number of hydrogen-bond donors (Lipinski definition) is 0. The number of nitriles is 1. The van der Waals surface area contributed by atoms with E-state index in [0.717, 1.165) is 24.1 Å². The zero-order valence-corrected chi connectivity index (χ0v) is 14.0. The number of para-hydroxylation sites is 1. The zero-order chi connectivity index (χ0) is 14.8. The minimum Gasteiger partial charge on any atom is -0.368 e. The van der Waals surface area contributed by atoms with Gasteiger partial charge in [0.2, 0.25) is 0 Å². The van der Waals surface area contributed by atoms with E-state index in [1.807, 2.05) is 6.07 Å². The monoisotopic (exact) mass is 335 g/mol. The molecule has 1 saturated heterocycles. The highest BCUT2D eigenvalue weighted by molar-refractivity contribution is 9.10. The Morgan fingerprint density at radius 2 is 2.05 bits per heavy atom. The van der Waals surface area contributed by atoms with Crippen molar-refractivity contribution in [1.29, 1.82) is 5.26 Å². The third-order valence-electron chi connectivity index (χ3n) is 3.87. The fraction of sp³-hybridized carbons (Fsp3) is 0.562. The molecule has 0 radical (unpaired) electrons. The molecule has 1 fully saturated rings. The van der Waals surface area contributed by atoms with E-state index in [1.165, 1.54) is 5.69 Å². The van der Waals surface area contributed by atoms with Crippen LogP contribution in [-0.4, -0.2) is 37.6 Å². The second-order valence-corrected chi connectivity index (χ2v) is 7.28. The summed E-state index contributed by atoms with van der Waals surface area (Å²) in [6.45, 7) is 7.50. The van der Waals surface area contributed by atoms with Crippen LogP contribution in [0.2, 0.25) is 0 Å². The molecule has 1 heterocycles. The van der Waals surface area contributed by atoms with Crippen molar-refractivity contribution in [2.24, 2.45) is 5.41 Å². The van der Waals surface area contributed by atoms with Gasteiger partial charge in [0, 0.05) is 30.1 Å². The second kappa shape index (κ2) is 6.15. The number of benzene rings is 1. The van der Waals surface area contributed by atoms with Crippen LogP contribution in [0.4, 0.5) is 5.69 Å². The van der Waals surface area contributed by atoms with Crippen LogP contribution in [0.25, 0.3) is 0 Å². The minimum absolute atomic E-state index is 0.203. The Balaban J connectivity index is 2.32. The Hall–Kier alpha value is -1.05. The number of anilines is 1. The number of rotatable bonds is 2. The maximum Gasteiger partial charge on any atom is 0.0638 e. The highest BCUT2D eigenvalue weighted by atomic mass is 79.9. The van der Waals surface area contributed by atoms with E-state index in [1.54, 1.807) is 0 Å². The van der Waals surface area contributed by atoms with E-state index >= 15 is 0 Å². The van der Waals surface area contributed by atoms with E-state index in [-0.39, 0.29) is 11.5 Å². The lowest BCUT2D eigenvalue weighted by molar-refractivity contribution is 0.195. The van der Waals surface area contributed by atoms with Crippen molar-refractivity contribution in [3.8, 4) is 6.07 Å². The minimum atomic E-state index is 0.203. The first kappa shape index (κ1) is 15.3. The lowest BCUT2D eigenvalue weighted by Crippen LogP contribution is -2.39. The van der Waals surface area contributed by atoms with Gasteiger partial charge in [0.1, 0.15) is 0 Å². The van der Waals surface area contributed by atoms with Crippen LogP contribution in [-0.2, 0) is 0 Å². The number of likely N-dealkylation sites (N-methyl/N-ethyl adjacent to an activating group) is 1. The summed E-state index contributed by atoms with van der Waals surface area (Å²) in [7, 11) is 2.13. The molecular weight excluding hydrogens is 314 g/mol. The number of nitrogens with zero attached hydrogens (tertiary/aromatic N) is 3. The molecule has 0 amide bonds. The fourth-order valence-corrected chi connectivity index (χ4v) is 3.58. The number of hydrogen-bond acceptors (Lipinski definition) is 3. The first-order chi connectivity index (χ1) is 9.43. The lowest BCUT2D eigenvalue weighted by atomic mass is 9.92. The third-order valence-corrected chi connectivity index (χ3v) is 4.54. The highest BCUT2D eigenvalue weighted by Crippen LogP contribution is 2.32. The standard InChI is InChI=1S/C16H22BrN3/c1-16(2)11-19(3)13(8-9-18)10-20(12-16)15-7-5-4-6-14(15)17/h4-7,13H,8,10-12H2,1-3H3. The van der Waals surface area contributed by atoms with Crippen LogP contribution in [0.5, 0.6) is 0 Å². The van der Waals surface area contributed by atoms with Gasteiger partial charge in [-0.05, 0) is 40.5 Å². The molecule has 1 unspecified atom stereocenters. The summed E-state index contributed by atoms with van der Waals surface area (Å²) < 4.78 is 1.12. The SMILES string of the molecule is CN1CC(C)(C)CN(c2ccccc2Br)CC1CC#N. The smallest absolute Gasteiger partial charge is 0.0638 e. The fourth-order valence-electron chi connectivity index (χ4n) is 3.05. The van der Waals surface area contributed by atoms with Crippen molar-refractivity contribution in [2.75, 3.05) is 31.6 Å². The van der Waals surface area contributed by atoms with Gasteiger partial charge in [0.05, 0.1) is 18.2 Å². The van der Waals surface area contributed by atoms with Crippen LogP contribution in [0, 0.1) is 16.7 Å². The molecule has 0 saturated carbocycles. The summed E-state index contributed by atoms with van der Waals surface area (Å²) >= 11 is 3.65. The molecule has 1 atom stereocenters. The molecule has 108 valence electrons. The van der Waals surface area contributed by atoms with Gasteiger partial charge in [-0.1, -0.05) is 26.0 Å². The number of halogens is 1. The van der Waals surface area contributed by atoms with Gasteiger partial charge in [0.25, 0.3) is 0 Å². The van der Waals surface area contributed by atoms with Crippen LogP contribution < -0.4 is 4.90 Å². The van der Waals surface area contributed by atoms with Crippen molar-refractivity contribution < 1.29 is 0 Å². The summed E-state index contributed by atoms with van der Waals surface area (Å²) in [6.07, 6.45) is 0.577. The first-order valence-corrected chi connectivity index (χ1v) is 7.79. The molecule has 0 aromatic heterocycles. The molecule has 1 aliphatic rings. The normalized spacial score (nSPS) is 23.1. The molecular formula is C16H22BrN3. The van der Waals surface area contributed by atoms with E-state index < -0.39 is 0 Å². The van der Waals surface area contributed by atoms with Crippen LogP contribution in [0.15, 0.2) is 28.7 Å². The quantitative estimate of drug-likeness (QED) is 0.828. The first-order valence-electron chi connectivity index (χ1n) is 6.99. The summed E-state index contributed by atoms with van der Waals surface area (Å²) in [6, 6.07) is 11.0. The summed E-state index contributed by atoms with van der Waals surface area (Å²) in [5, 5.41) is 9.07. The van der Waals surface area contributed by atoms with Crippen molar-refractivity contribution in [2.45, 2.75) is 26.3 Å². The maximum atomic E-state index is 9.07. The van der Waals surface area contributed by atoms with Crippen LogP contribution in [0.3, 0.4) is 0 Å². The van der Waals surface area contributed by atoms with E-state index in [0.29, 0.717) is 6.42 Å². The lowest BCUT2D eigenvalue weighted by Gasteiger charge is -2.31. The Morgan fingerprint density at radius 3 is 2.70 bits per heavy atom. The Morgan fingerprint density at radius 1 is 1.35 bits per heavy atom. The van der Waals surface area contributed by atoms with Crippen molar-refractivity contribution in [1.82, 2.24) is 4.90 Å². The second-order valence-electron chi connectivity index (χ2n) is 6.43. The zero-order valence-electron chi connectivity index (χ0n) is 12.4. The van der Waals surface area contributed by atoms with Crippen LogP contribution in [0.1, 0.15) is 20.3 Å². The van der Waals surface area contributed by atoms with Gasteiger partial charge in [-0.3, -0.25) is 0 Å². The van der Waals surface area contributed by atoms with Gasteiger partial charge in [0.15, 0.2) is 0 Å². The van der Waals surface area contributed by atoms with Crippen molar-refractivity contribution in [3.63, 3.8) is 0 Å². The maximum absolute atomic E-state index is 9.07. The van der Waals surface area contributed by atoms with E-state index in [9.17, 15) is 0 Å². The third kappa shape index (κ3) is 3.53. The van der Waals surface area contributed by atoms with Crippen molar-refractivity contribution in [3.05, 3.63) is 28.7 Å².